The first-order chi connectivity index (χ1) is 8.38. The lowest BCUT2D eigenvalue weighted by molar-refractivity contribution is 0.849. The van der Waals surface area contributed by atoms with E-state index < -0.39 is 0 Å². The number of halogens is 1. The Labute approximate surface area is 109 Å². The van der Waals surface area contributed by atoms with Crippen molar-refractivity contribution in [1.29, 1.82) is 0 Å². The predicted octanol–water partition coefficient (Wildman–Crippen LogP) is 3.50. The van der Waals surface area contributed by atoms with Crippen LogP contribution < -0.4 is 4.90 Å². The molecule has 1 aliphatic rings. The van der Waals surface area contributed by atoms with Crippen molar-refractivity contribution >= 4 is 21.7 Å². The molecule has 0 N–H and O–H groups in total. The van der Waals surface area contributed by atoms with Gasteiger partial charge in [0.1, 0.15) is 5.82 Å². The molecule has 2 aromatic rings. The first kappa shape index (κ1) is 10.8. The molecule has 1 aliphatic heterocycles. The SMILES string of the molecule is BrCc1cccnc1N1Cc2ccccc2C1. The van der Waals surface area contributed by atoms with Crippen LogP contribution in [0.15, 0.2) is 42.6 Å². The maximum absolute atomic E-state index is 4.51. The molecule has 0 radical (unpaired) electrons. The van der Waals surface area contributed by atoms with Crippen LogP contribution in [-0.4, -0.2) is 4.98 Å². The molecule has 2 nitrogen and oxygen atoms in total. The number of pyridine rings is 1. The van der Waals surface area contributed by atoms with E-state index in [0.717, 1.165) is 24.2 Å². The van der Waals surface area contributed by atoms with Crippen molar-refractivity contribution in [2.75, 3.05) is 4.90 Å². The van der Waals surface area contributed by atoms with E-state index in [1.807, 2.05) is 12.3 Å². The topological polar surface area (TPSA) is 16.1 Å². The number of alkyl halides is 1. The zero-order chi connectivity index (χ0) is 11.7. The summed E-state index contributed by atoms with van der Waals surface area (Å²) >= 11 is 3.52. The minimum absolute atomic E-state index is 0.850. The van der Waals surface area contributed by atoms with Crippen LogP contribution in [0.25, 0.3) is 0 Å². The minimum atomic E-state index is 0.850. The molecule has 0 saturated carbocycles. The monoisotopic (exact) mass is 288 g/mol. The number of hydrogen-bond acceptors (Lipinski definition) is 2. The van der Waals surface area contributed by atoms with Crippen LogP contribution in [0.5, 0.6) is 0 Å². The van der Waals surface area contributed by atoms with Crippen molar-refractivity contribution in [1.82, 2.24) is 4.98 Å². The zero-order valence-electron chi connectivity index (χ0n) is 9.44. The Bertz CT molecular complexity index is 514. The molecule has 0 amide bonds. The van der Waals surface area contributed by atoms with Crippen molar-refractivity contribution in [2.24, 2.45) is 0 Å². The van der Waals surface area contributed by atoms with Crippen LogP contribution in [0.1, 0.15) is 16.7 Å². The molecule has 0 fully saturated rings. The second kappa shape index (κ2) is 4.49. The fourth-order valence-corrected chi connectivity index (χ4v) is 2.74. The molecule has 2 heterocycles. The van der Waals surface area contributed by atoms with Crippen LogP contribution >= 0.6 is 15.9 Å². The average molecular weight is 289 g/mol. The van der Waals surface area contributed by atoms with Crippen molar-refractivity contribution in [3.05, 3.63) is 59.3 Å². The first-order valence-corrected chi connectivity index (χ1v) is 6.82. The van der Waals surface area contributed by atoms with Crippen LogP contribution in [0.2, 0.25) is 0 Å². The maximum Gasteiger partial charge on any atom is 0.133 e. The fraction of sp³-hybridized carbons (Fsp3) is 0.214. The third-order valence-corrected chi connectivity index (χ3v) is 3.76. The number of anilines is 1. The molecule has 0 aliphatic carbocycles. The van der Waals surface area contributed by atoms with E-state index in [4.69, 9.17) is 0 Å². The van der Waals surface area contributed by atoms with Gasteiger partial charge in [-0.25, -0.2) is 4.98 Å². The molecule has 17 heavy (non-hydrogen) atoms. The first-order valence-electron chi connectivity index (χ1n) is 5.70. The quantitative estimate of drug-likeness (QED) is 0.787. The van der Waals surface area contributed by atoms with Gasteiger partial charge in [0.15, 0.2) is 0 Å². The van der Waals surface area contributed by atoms with Gasteiger partial charge in [-0.15, -0.1) is 0 Å². The van der Waals surface area contributed by atoms with Gasteiger partial charge >= 0.3 is 0 Å². The predicted molar refractivity (Wildman–Crippen MR) is 73.2 cm³/mol. The summed E-state index contributed by atoms with van der Waals surface area (Å²) in [7, 11) is 0. The summed E-state index contributed by atoms with van der Waals surface area (Å²) in [5.41, 5.74) is 4.08. The van der Waals surface area contributed by atoms with Crippen LogP contribution in [0.4, 0.5) is 5.82 Å². The summed E-state index contributed by atoms with van der Waals surface area (Å²) < 4.78 is 0. The molecule has 1 aromatic heterocycles. The normalized spacial score (nSPS) is 13.8. The average Bonchev–Trinajstić information content (AvgIpc) is 2.82. The highest BCUT2D eigenvalue weighted by Crippen LogP contribution is 2.29. The van der Waals surface area contributed by atoms with E-state index in [1.54, 1.807) is 0 Å². The van der Waals surface area contributed by atoms with Crippen molar-refractivity contribution in [3.8, 4) is 0 Å². The Balaban J connectivity index is 1.94. The van der Waals surface area contributed by atoms with Gasteiger partial charge in [0.25, 0.3) is 0 Å². The van der Waals surface area contributed by atoms with Gasteiger partial charge in [0.2, 0.25) is 0 Å². The van der Waals surface area contributed by atoms with E-state index in [1.165, 1.54) is 16.7 Å². The number of hydrogen-bond donors (Lipinski definition) is 0. The highest BCUT2D eigenvalue weighted by atomic mass is 79.9. The Kier molecular flexibility index (Phi) is 2.85. The number of rotatable bonds is 2. The van der Waals surface area contributed by atoms with E-state index in [-0.39, 0.29) is 0 Å². The molecule has 86 valence electrons. The van der Waals surface area contributed by atoms with E-state index in [2.05, 4.69) is 56.1 Å². The highest BCUT2D eigenvalue weighted by Gasteiger charge is 2.20. The minimum Gasteiger partial charge on any atom is -0.348 e. The van der Waals surface area contributed by atoms with E-state index >= 15 is 0 Å². The summed E-state index contributed by atoms with van der Waals surface area (Å²) in [6.07, 6.45) is 1.87. The number of aromatic nitrogens is 1. The van der Waals surface area contributed by atoms with Crippen molar-refractivity contribution in [3.63, 3.8) is 0 Å². The van der Waals surface area contributed by atoms with Gasteiger partial charge in [-0.1, -0.05) is 46.3 Å². The Morgan fingerprint density at radius 3 is 2.41 bits per heavy atom. The third-order valence-electron chi connectivity index (χ3n) is 3.15. The van der Waals surface area contributed by atoms with E-state index in [0.29, 0.717) is 0 Å². The van der Waals surface area contributed by atoms with Gasteiger partial charge in [0, 0.05) is 30.2 Å². The molecule has 0 atom stereocenters. The second-order valence-electron chi connectivity index (χ2n) is 4.24. The lowest BCUT2D eigenvalue weighted by atomic mass is 10.1. The molecule has 0 bridgehead atoms. The smallest absolute Gasteiger partial charge is 0.133 e. The maximum atomic E-state index is 4.51. The summed E-state index contributed by atoms with van der Waals surface area (Å²) in [6.45, 7) is 1.93. The van der Waals surface area contributed by atoms with Crippen LogP contribution in [-0.2, 0) is 18.4 Å². The van der Waals surface area contributed by atoms with Gasteiger partial charge < -0.3 is 4.90 Å². The van der Waals surface area contributed by atoms with Gasteiger partial charge in [-0.3, -0.25) is 0 Å². The second-order valence-corrected chi connectivity index (χ2v) is 4.81. The fourth-order valence-electron chi connectivity index (χ4n) is 2.30. The number of nitrogens with zero attached hydrogens (tertiary/aromatic N) is 2. The zero-order valence-corrected chi connectivity index (χ0v) is 11.0. The number of fused-ring (bicyclic) bond motifs is 1. The standard InChI is InChI=1S/C14H13BrN2/c15-8-11-6-3-7-16-14(11)17-9-12-4-1-2-5-13(12)10-17/h1-7H,8-10H2. The third kappa shape index (κ3) is 1.95. The molecular weight excluding hydrogens is 276 g/mol. The molecule has 3 rings (SSSR count). The lowest BCUT2D eigenvalue weighted by Gasteiger charge is -2.19. The van der Waals surface area contributed by atoms with Crippen molar-refractivity contribution in [2.45, 2.75) is 18.4 Å². The van der Waals surface area contributed by atoms with E-state index in [9.17, 15) is 0 Å². The van der Waals surface area contributed by atoms with Crippen molar-refractivity contribution < 1.29 is 0 Å². The summed E-state index contributed by atoms with van der Waals surface area (Å²) in [4.78, 5) is 6.85. The molecule has 3 heteroatoms. The van der Waals surface area contributed by atoms with Gasteiger partial charge in [-0.2, -0.15) is 0 Å². The molecule has 0 unspecified atom stereocenters. The highest BCUT2D eigenvalue weighted by molar-refractivity contribution is 9.08. The van der Waals surface area contributed by atoms with Crippen LogP contribution in [0.3, 0.4) is 0 Å². The van der Waals surface area contributed by atoms with Crippen LogP contribution in [0, 0.1) is 0 Å². The molecule has 1 aromatic carbocycles. The Hall–Kier alpha value is -1.35. The number of benzene rings is 1. The molecule has 0 saturated heterocycles. The lowest BCUT2D eigenvalue weighted by Crippen LogP contribution is -2.17. The summed E-state index contributed by atoms with van der Waals surface area (Å²) in [5.74, 6) is 1.10. The summed E-state index contributed by atoms with van der Waals surface area (Å²) in [6, 6.07) is 12.7. The molecular formula is C14H13BrN2. The molecule has 0 spiro atoms. The van der Waals surface area contributed by atoms with Gasteiger partial charge in [0.05, 0.1) is 0 Å². The summed E-state index contributed by atoms with van der Waals surface area (Å²) in [5, 5.41) is 0.850. The Morgan fingerprint density at radius 2 is 1.76 bits per heavy atom. The van der Waals surface area contributed by atoms with Gasteiger partial charge in [-0.05, 0) is 17.2 Å². The largest absolute Gasteiger partial charge is 0.348 e. The Morgan fingerprint density at radius 1 is 1.06 bits per heavy atom.